The van der Waals surface area contributed by atoms with Gasteiger partial charge in [-0.3, -0.25) is 9.59 Å². The predicted molar refractivity (Wildman–Crippen MR) is 72.2 cm³/mol. The first-order chi connectivity index (χ1) is 9.58. The Morgan fingerprint density at radius 3 is 2.80 bits per heavy atom. The number of carbonyl (C=O) groups is 2. The van der Waals surface area contributed by atoms with E-state index in [0.717, 1.165) is 25.9 Å². The molecule has 1 fully saturated rings. The van der Waals surface area contributed by atoms with Crippen molar-refractivity contribution in [2.75, 3.05) is 33.7 Å². The van der Waals surface area contributed by atoms with Crippen LogP contribution in [-0.4, -0.2) is 65.4 Å². The van der Waals surface area contributed by atoms with Gasteiger partial charge in [0, 0.05) is 14.1 Å². The van der Waals surface area contributed by atoms with Crippen molar-refractivity contribution in [1.29, 1.82) is 0 Å². The highest BCUT2D eigenvalue weighted by molar-refractivity contribution is 5.94. The lowest BCUT2D eigenvalue weighted by atomic mass is 10.1. The van der Waals surface area contributed by atoms with Crippen LogP contribution in [0.25, 0.3) is 0 Å². The molecule has 110 valence electrons. The zero-order chi connectivity index (χ0) is 14.5. The Kier molecular flexibility index (Phi) is 4.67. The average molecular weight is 280 g/mol. The van der Waals surface area contributed by atoms with Crippen molar-refractivity contribution in [1.82, 2.24) is 30.5 Å². The van der Waals surface area contributed by atoms with Gasteiger partial charge in [-0.25, -0.2) is 4.68 Å². The van der Waals surface area contributed by atoms with Gasteiger partial charge in [0.1, 0.15) is 0 Å². The SMILES string of the molecule is CN(C)C(=O)CNC(=O)c1cn(C2CCNCC2)nn1. The Balaban J connectivity index is 1.90. The van der Waals surface area contributed by atoms with Crippen molar-refractivity contribution in [3.8, 4) is 0 Å². The van der Waals surface area contributed by atoms with Gasteiger partial charge < -0.3 is 15.5 Å². The van der Waals surface area contributed by atoms with E-state index in [1.54, 1.807) is 25.0 Å². The molecule has 0 saturated carbocycles. The summed E-state index contributed by atoms with van der Waals surface area (Å²) in [6, 6.07) is 0.286. The molecule has 2 heterocycles. The highest BCUT2D eigenvalue weighted by Crippen LogP contribution is 2.16. The van der Waals surface area contributed by atoms with E-state index in [1.807, 2.05) is 0 Å². The molecule has 0 radical (unpaired) electrons. The summed E-state index contributed by atoms with van der Waals surface area (Å²) in [4.78, 5) is 24.7. The standard InChI is InChI=1S/C12H20N6O2/c1-17(2)11(19)7-14-12(20)10-8-18(16-15-10)9-3-5-13-6-4-9/h8-9,13H,3-7H2,1-2H3,(H,14,20). The third-order valence-corrected chi connectivity index (χ3v) is 3.32. The molecule has 0 aromatic carbocycles. The van der Waals surface area contributed by atoms with Crippen molar-refractivity contribution in [3.05, 3.63) is 11.9 Å². The van der Waals surface area contributed by atoms with Gasteiger partial charge in [-0.15, -0.1) is 5.10 Å². The fourth-order valence-corrected chi connectivity index (χ4v) is 2.04. The van der Waals surface area contributed by atoms with E-state index < -0.39 is 0 Å². The molecule has 0 aliphatic carbocycles. The zero-order valence-electron chi connectivity index (χ0n) is 11.8. The maximum Gasteiger partial charge on any atom is 0.273 e. The summed E-state index contributed by atoms with van der Waals surface area (Å²) in [5, 5.41) is 13.7. The summed E-state index contributed by atoms with van der Waals surface area (Å²) in [5.74, 6) is -0.538. The molecule has 0 spiro atoms. The van der Waals surface area contributed by atoms with Gasteiger partial charge in [-0.1, -0.05) is 5.21 Å². The molecule has 1 aromatic rings. The van der Waals surface area contributed by atoms with Crippen LogP contribution in [0.15, 0.2) is 6.20 Å². The second-order valence-corrected chi connectivity index (χ2v) is 5.04. The maximum atomic E-state index is 11.9. The van der Waals surface area contributed by atoms with Crippen molar-refractivity contribution in [2.24, 2.45) is 0 Å². The van der Waals surface area contributed by atoms with Gasteiger partial charge in [0.25, 0.3) is 5.91 Å². The van der Waals surface area contributed by atoms with E-state index in [-0.39, 0.29) is 30.1 Å². The van der Waals surface area contributed by atoms with Crippen LogP contribution < -0.4 is 10.6 Å². The Hall–Kier alpha value is -1.96. The summed E-state index contributed by atoms with van der Waals surface area (Å²) in [7, 11) is 3.28. The fourth-order valence-electron chi connectivity index (χ4n) is 2.04. The molecule has 2 rings (SSSR count). The number of aromatic nitrogens is 3. The number of hydrogen-bond donors (Lipinski definition) is 2. The third-order valence-electron chi connectivity index (χ3n) is 3.32. The van der Waals surface area contributed by atoms with Gasteiger partial charge in [-0.05, 0) is 25.9 Å². The van der Waals surface area contributed by atoms with Crippen molar-refractivity contribution < 1.29 is 9.59 Å². The Labute approximate surface area is 117 Å². The molecule has 20 heavy (non-hydrogen) atoms. The first-order valence-corrected chi connectivity index (χ1v) is 6.69. The summed E-state index contributed by atoms with van der Waals surface area (Å²) < 4.78 is 1.74. The molecule has 2 amide bonds. The minimum Gasteiger partial charge on any atom is -0.347 e. The van der Waals surface area contributed by atoms with Gasteiger partial charge in [0.05, 0.1) is 18.8 Å². The van der Waals surface area contributed by atoms with Crippen molar-refractivity contribution in [3.63, 3.8) is 0 Å². The van der Waals surface area contributed by atoms with Gasteiger partial charge in [-0.2, -0.15) is 0 Å². The molecule has 1 aliphatic rings. The molecular formula is C12H20N6O2. The second-order valence-electron chi connectivity index (χ2n) is 5.04. The lowest BCUT2D eigenvalue weighted by Crippen LogP contribution is -2.36. The molecule has 1 saturated heterocycles. The fraction of sp³-hybridized carbons (Fsp3) is 0.667. The number of carbonyl (C=O) groups excluding carboxylic acids is 2. The normalized spacial score (nSPS) is 15.9. The Morgan fingerprint density at radius 2 is 2.15 bits per heavy atom. The highest BCUT2D eigenvalue weighted by atomic mass is 16.2. The molecule has 0 unspecified atom stereocenters. The number of rotatable bonds is 4. The van der Waals surface area contributed by atoms with Crippen LogP contribution in [0, 0.1) is 0 Å². The zero-order valence-corrected chi connectivity index (χ0v) is 11.8. The average Bonchev–Trinajstić information content (AvgIpc) is 2.95. The second kappa shape index (κ2) is 6.47. The summed E-state index contributed by atoms with van der Waals surface area (Å²) in [6.45, 7) is 1.86. The third kappa shape index (κ3) is 3.53. The molecule has 1 aliphatic heterocycles. The number of nitrogens with one attached hydrogen (secondary N) is 2. The van der Waals surface area contributed by atoms with E-state index in [1.165, 1.54) is 4.90 Å². The number of likely N-dealkylation sites (N-methyl/N-ethyl adjacent to an activating group) is 1. The number of nitrogens with zero attached hydrogens (tertiary/aromatic N) is 4. The van der Waals surface area contributed by atoms with Crippen LogP contribution in [0.3, 0.4) is 0 Å². The van der Waals surface area contributed by atoms with E-state index >= 15 is 0 Å². The molecule has 8 nitrogen and oxygen atoms in total. The Bertz CT molecular complexity index is 478. The molecule has 8 heteroatoms. The number of piperidine rings is 1. The maximum absolute atomic E-state index is 11.9. The van der Waals surface area contributed by atoms with Crippen LogP contribution in [0.2, 0.25) is 0 Å². The monoisotopic (exact) mass is 280 g/mol. The van der Waals surface area contributed by atoms with Crippen LogP contribution in [0.4, 0.5) is 0 Å². The lowest BCUT2D eigenvalue weighted by molar-refractivity contribution is -0.127. The van der Waals surface area contributed by atoms with Crippen LogP contribution in [-0.2, 0) is 4.79 Å². The van der Waals surface area contributed by atoms with Crippen LogP contribution in [0.1, 0.15) is 29.4 Å². The molecule has 0 bridgehead atoms. The van der Waals surface area contributed by atoms with Gasteiger partial charge in [0.2, 0.25) is 5.91 Å². The van der Waals surface area contributed by atoms with Crippen molar-refractivity contribution >= 4 is 11.8 Å². The number of amides is 2. The van der Waals surface area contributed by atoms with E-state index in [2.05, 4.69) is 20.9 Å². The topological polar surface area (TPSA) is 92.2 Å². The van der Waals surface area contributed by atoms with Crippen LogP contribution in [0.5, 0.6) is 0 Å². The van der Waals surface area contributed by atoms with Crippen molar-refractivity contribution in [2.45, 2.75) is 18.9 Å². The first kappa shape index (κ1) is 14.4. The molecule has 1 aromatic heterocycles. The lowest BCUT2D eigenvalue weighted by Gasteiger charge is -2.22. The quantitative estimate of drug-likeness (QED) is 0.739. The summed E-state index contributed by atoms with van der Waals surface area (Å²) >= 11 is 0. The van der Waals surface area contributed by atoms with Gasteiger partial charge >= 0.3 is 0 Å². The number of hydrogen-bond acceptors (Lipinski definition) is 5. The van der Waals surface area contributed by atoms with E-state index in [9.17, 15) is 9.59 Å². The summed E-state index contributed by atoms with van der Waals surface area (Å²) in [6.07, 6.45) is 3.60. The highest BCUT2D eigenvalue weighted by Gasteiger charge is 2.19. The van der Waals surface area contributed by atoms with E-state index in [4.69, 9.17) is 0 Å². The van der Waals surface area contributed by atoms with Crippen LogP contribution >= 0.6 is 0 Å². The molecule has 2 N–H and O–H groups in total. The first-order valence-electron chi connectivity index (χ1n) is 6.69. The summed E-state index contributed by atoms with van der Waals surface area (Å²) in [5.41, 5.74) is 0.245. The minimum atomic E-state index is -0.375. The largest absolute Gasteiger partial charge is 0.347 e. The van der Waals surface area contributed by atoms with Gasteiger partial charge in [0.15, 0.2) is 5.69 Å². The molecule has 0 atom stereocenters. The molecular weight excluding hydrogens is 260 g/mol. The minimum absolute atomic E-state index is 0.0357. The van der Waals surface area contributed by atoms with E-state index in [0.29, 0.717) is 0 Å². The Morgan fingerprint density at radius 1 is 1.45 bits per heavy atom. The predicted octanol–water partition coefficient (Wildman–Crippen LogP) is -0.979. The smallest absolute Gasteiger partial charge is 0.273 e.